The Kier molecular flexibility index (Phi) is 3.50. The van der Waals surface area contributed by atoms with Crippen molar-refractivity contribution in [2.45, 2.75) is 26.3 Å². The number of fused-ring (bicyclic) bond motifs is 3. The quantitative estimate of drug-likeness (QED) is 0.722. The Bertz CT molecular complexity index is 932. The molecule has 4 nitrogen and oxygen atoms in total. The first-order chi connectivity index (χ1) is 11.3. The summed E-state index contributed by atoms with van der Waals surface area (Å²) in [5, 5.41) is 0. The fourth-order valence-electron chi connectivity index (χ4n) is 3.06. The average molecular weight is 324 g/mol. The van der Waals surface area contributed by atoms with E-state index in [1.54, 1.807) is 23.5 Å². The van der Waals surface area contributed by atoms with Crippen LogP contribution in [0, 0.1) is 0 Å². The van der Waals surface area contributed by atoms with Crippen LogP contribution in [0.2, 0.25) is 0 Å². The SMILES string of the molecule is CCn1c2c(sc1=NC(=O)c1ccco1)CCc1ccccc1-2. The Morgan fingerprint density at radius 3 is 2.91 bits per heavy atom. The van der Waals surface area contributed by atoms with Gasteiger partial charge in [-0.25, -0.2) is 0 Å². The number of nitrogens with zero attached hydrogens (tertiary/aromatic N) is 2. The second kappa shape index (κ2) is 5.66. The molecule has 23 heavy (non-hydrogen) atoms. The molecule has 5 heteroatoms. The molecule has 1 aromatic carbocycles. The number of aryl methyl sites for hydroxylation is 2. The van der Waals surface area contributed by atoms with Gasteiger partial charge in [0.15, 0.2) is 10.6 Å². The van der Waals surface area contributed by atoms with Crippen molar-refractivity contribution in [2.24, 2.45) is 4.99 Å². The number of thiazole rings is 1. The molecule has 0 atom stereocenters. The lowest BCUT2D eigenvalue weighted by Gasteiger charge is -2.17. The highest BCUT2D eigenvalue weighted by molar-refractivity contribution is 7.09. The van der Waals surface area contributed by atoms with Crippen molar-refractivity contribution >= 4 is 17.2 Å². The molecule has 0 fully saturated rings. The van der Waals surface area contributed by atoms with Crippen LogP contribution in [0.3, 0.4) is 0 Å². The number of rotatable bonds is 2. The molecule has 3 aromatic rings. The van der Waals surface area contributed by atoms with Crippen molar-refractivity contribution in [3.05, 3.63) is 63.7 Å². The van der Waals surface area contributed by atoms with Gasteiger partial charge in [0.2, 0.25) is 0 Å². The Hall–Kier alpha value is -2.40. The van der Waals surface area contributed by atoms with Crippen LogP contribution in [-0.2, 0) is 19.4 Å². The molecule has 0 N–H and O–H groups in total. The molecule has 0 radical (unpaired) electrons. The summed E-state index contributed by atoms with van der Waals surface area (Å²) in [7, 11) is 0. The average Bonchev–Trinajstić information content (AvgIpc) is 3.22. The third-order valence-corrected chi connectivity index (χ3v) is 5.26. The Labute approximate surface area is 137 Å². The molecule has 0 aliphatic heterocycles. The van der Waals surface area contributed by atoms with E-state index in [1.807, 2.05) is 0 Å². The molecule has 0 bridgehead atoms. The number of benzene rings is 1. The van der Waals surface area contributed by atoms with E-state index >= 15 is 0 Å². The van der Waals surface area contributed by atoms with Crippen molar-refractivity contribution in [2.75, 3.05) is 0 Å². The lowest BCUT2D eigenvalue weighted by Crippen LogP contribution is -2.17. The summed E-state index contributed by atoms with van der Waals surface area (Å²) in [6.07, 6.45) is 3.53. The first kappa shape index (κ1) is 14.2. The highest BCUT2D eigenvalue weighted by Gasteiger charge is 2.22. The summed E-state index contributed by atoms with van der Waals surface area (Å²) in [6.45, 7) is 2.87. The second-order valence-electron chi connectivity index (χ2n) is 5.45. The van der Waals surface area contributed by atoms with Gasteiger partial charge in [0.1, 0.15) is 0 Å². The number of hydrogen-bond donors (Lipinski definition) is 0. The van der Waals surface area contributed by atoms with E-state index in [4.69, 9.17) is 4.42 Å². The van der Waals surface area contributed by atoms with Gasteiger partial charge < -0.3 is 8.98 Å². The van der Waals surface area contributed by atoms with Crippen LogP contribution in [0.25, 0.3) is 11.3 Å². The van der Waals surface area contributed by atoms with E-state index < -0.39 is 0 Å². The van der Waals surface area contributed by atoms with Crippen LogP contribution in [-0.4, -0.2) is 10.5 Å². The molecule has 4 rings (SSSR count). The summed E-state index contributed by atoms with van der Waals surface area (Å²) in [6, 6.07) is 11.8. The minimum Gasteiger partial charge on any atom is -0.459 e. The molecular formula is C18H16N2O2S. The van der Waals surface area contributed by atoms with Crippen LogP contribution < -0.4 is 4.80 Å². The standard InChI is InChI=1S/C18H16N2O2S/c1-2-20-16-13-7-4-3-6-12(13)9-10-15(16)23-18(20)19-17(21)14-8-5-11-22-14/h3-8,11H,2,9-10H2,1H3. The fourth-order valence-corrected chi connectivity index (χ4v) is 4.26. The van der Waals surface area contributed by atoms with Gasteiger partial charge in [0, 0.05) is 17.0 Å². The summed E-state index contributed by atoms with van der Waals surface area (Å²) in [5.41, 5.74) is 3.84. The predicted octanol–water partition coefficient (Wildman–Crippen LogP) is 3.67. The largest absolute Gasteiger partial charge is 0.459 e. The van der Waals surface area contributed by atoms with Crippen molar-refractivity contribution in [1.29, 1.82) is 0 Å². The monoisotopic (exact) mass is 324 g/mol. The number of carbonyl (C=O) groups is 1. The van der Waals surface area contributed by atoms with Crippen LogP contribution in [0.5, 0.6) is 0 Å². The maximum Gasteiger partial charge on any atom is 0.315 e. The molecule has 116 valence electrons. The number of amides is 1. The van der Waals surface area contributed by atoms with Crippen molar-refractivity contribution in [1.82, 2.24) is 4.57 Å². The van der Waals surface area contributed by atoms with E-state index in [2.05, 4.69) is 40.7 Å². The number of aromatic nitrogens is 1. The molecule has 0 saturated carbocycles. The Balaban J connectivity index is 1.89. The third kappa shape index (κ3) is 2.37. The van der Waals surface area contributed by atoms with Gasteiger partial charge in [-0.15, -0.1) is 11.3 Å². The molecule has 0 spiro atoms. The molecule has 0 unspecified atom stereocenters. The highest BCUT2D eigenvalue weighted by atomic mass is 32.1. The Morgan fingerprint density at radius 2 is 2.13 bits per heavy atom. The number of carbonyl (C=O) groups excluding carboxylic acids is 1. The predicted molar refractivity (Wildman–Crippen MR) is 89.4 cm³/mol. The summed E-state index contributed by atoms with van der Waals surface area (Å²) in [4.78, 5) is 18.6. The minimum absolute atomic E-state index is 0.277. The van der Waals surface area contributed by atoms with Crippen molar-refractivity contribution in [3.8, 4) is 11.3 Å². The van der Waals surface area contributed by atoms with E-state index in [-0.39, 0.29) is 11.7 Å². The van der Waals surface area contributed by atoms with Gasteiger partial charge in [0.05, 0.1) is 12.0 Å². The molecule has 2 aromatic heterocycles. The van der Waals surface area contributed by atoms with Crippen molar-refractivity contribution in [3.63, 3.8) is 0 Å². The highest BCUT2D eigenvalue weighted by Crippen LogP contribution is 2.34. The van der Waals surface area contributed by atoms with E-state index in [1.165, 1.54) is 28.0 Å². The van der Waals surface area contributed by atoms with Crippen molar-refractivity contribution < 1.29 is 9.21 Å². The van der Waals surface area contributed by atoms with Gasteiger partial charge in [-0.1, -0.05) is 24.3 Å². The van der Waals surface area contributed by atoms with Crippen LogP contribution in [0.4, 0.5) is 0 Å². The number of furan rings is 1. The summed E-state index contributed by atoms with van der Waals surface area (Å²) < 4.78 is 7.29. The molecule has 1 amide bonds. The van der Waals surface area contributed by atoms with Gasteiger partial charge in [-0.2, -0.15) is 4.99 Å². The maximum absolute atomic E-state index is 12.2. The van der Waals surface area contributed by atoms with Crippen LogP contribution >= 0.6 is 11.3 Å². The lowest BCUT2D eigenvalue weighted by molar-refractivity contribution is 0.0971. The third-order valence-electron chi connectivity index (χ3n) is 4.12. The zero-order chi connectivity index (χ0) is 15.8. The number of hydrogen-bond acceptors (Lipinski definition) is 3. The second-order valence-corrected chi connectivity index (χ2v) is 6.51. The topological polar surface area (TPSA) is 47.5 Å². The normalized spacial score (nSPS) is 13.7. The molecular weight excluding hydrogens is 308 g/mol. The Morgan fingerprint density at radius 1 is 1.26 bits per heavy atom. The zero-order valence-electron chi connectivity index (χ0n) is 12.8. The fraction of sp³-hybridized carbons (Fsp3) is 0.222. The van der Waals surface area contributed by atoms with Gasteiger partial charge >= 0.3 is 5.91 Å². The summed E-state index contributed by atoms with van der Waals surface area (Å²) in [5.74, 6) is -0.0523. The lowest BCUT2D eigenvalue weighted by atomic mass is 9.93. The molecule has 2 heterocycles. The maximum atomic E-state index is 12.2. The van der Waals surface area contributed by atoms with E-state index in [0.29, 0.717) is 0 Å². The smallest absolute Gasteiger partial charge is 0.315 e. The zero-order valence-corrected chi connectivity index (χ0v) is 13.6. The van der Waals surface area contributed by atoms with Gasteiger partial charge in [0.25, 0.3) is 0 Å². The van der Waals surface area contributed by atoms with Gasteiger partial charge in [-0.3, -0.25) is 4.79 Å². The van der Waals surface area contributed by atoms with Crippen LogP contribution in [0.15, 0.2) is 52.1 Å². The molecule has 1 aliphatic carbocycles. The van der Waals surface area contributed by atoms with E-state index in [0.717, 1.165) is 24.2 Å². The van der Waals surface area contributed by atoms with E-state index in [9.17, 15) is 4.79 Å². The first-order valence-corrected chi connectivity index (χ1v) is 8.53. The van der Waals surface area contributed by atoms with Gasteiger partial charge in [-0.05, 0) is 37.5 Å². The molecule has 0 saturated heterocycles. The molecule has 1 aliphatic rings. The minimum atomic E-state index is -0.330. The summed E-state index contributed by atoms with van der Waals surface area (Å²) >= 11 is 1.61. The van der Waals surface area contributed by atoms with Crippen LogP contribution in [0.1, 0.15) is 27.9 Å². The first-order valence-electron chi connectivity index (χ1n) is 7.71.